The zero-order valence-corrected chi connectivity index (χ0v) is 12.9. The Morgan fingerprint density at radius 2 is 1.88 bits per heavy atom. The minimum atomic E-state index is -4.22. The molecule has 1 aromatic carbocycles. The van der Waals surface area contributed by atoms with Gasteiger partial charge in [-0.2, -0.15) is 13.2 Å². The number of benzene rings is 1. The lowest BCUT2D eigenvalue weighted by Gasteiger charge is -2.16. The fourth-order valence-corrected chi connectivity index (χ4v) is 3.23. The molecule has 96 valence electrons. The van der Waals surface area contributed by atoms with Crippen LogP contribution in [0.15, 0.2) is 12.1 Å². The molecule has 0 spiro atoms. The van der Waals surface area contributed by atoms with Crippen molar-refractivity contribution >= 4 is 45.2 Å². The van der Waals surface area contributed by atoms with E-state index in [4.69, 9.17) is 5.73 Å². The average molecular weight is 471 g/mol. The van der Waals surface area contributed by atoms with E-state index in [0.29, 0.717) is 9.13 Å². The zero-order valence-electron chi connectivity index (χ0n) is 8.56. The molecule has 0 aliphatic carbocycles. The SMILES string of the molecule is N[C@@H](CCC(F)(F)F)c1cc(I)cc(I)c1O. The molecule has 0 radical (unpaired) electrons. The van der Waals surface area contributed by atoms with Gasteiger partial charge in [-0.15, -0.1) is 0 Å². The predicted molar refractivity (Wildman–Crippen MR) is 75.8 cm³/mol. The number of hydrogen-bond acceptors (Lipinski definition) is 2. The van der Waals surface area contributed by atoms with Gasteiger partial charge in [0.15, 0.2) is 0 Å². The number of aromatic hydroxyl groups is 1. The molecule has 1 aromatic rings. The molecule has 0 amide bonds. The molecule has 7 heteroatoms. The maximum atomic E-state index is 12.1. The summed E-state index contributed by atoms with van der Waals surface area (Å²) in [6, 6.07) is 2.54. The van der Waals surface area contributed by atoms with Crippen molar-refractivity contribution in [2.45, 2.75) is 25.1 Å². The summed E-state index contributed by atoms with van der Waals surface area (Å²) in [5.41, 5.74) is 6.04. The lowest BCUT2D eigenvalue weighted by atomic mass is 10.0. The van der Waals surface area contributed by atoms with Gasteiger partial charge in [-0.25, -0.2) is 0 Å². The Morgan fingerprint density at radius 3 is 2.41 bits per heavy atom. The summed E-state index contributed by atoms with van der Waals surface area (Å²) in [6.07, 6.45) is -5.40. The van der Waals surface area contributed by atoms with Crippen molar-refractivity contribution in [2.24, 2.45) is 5.73 Å². The van der Waals surface area contributed by atoms with Gasteiger partial charge in [0.05, 0.1) is 3.57 Å². The molecule has 0 saturated heterocycles. The van der Waals surface area contributed by atoms with Crippen LogP contribution in [0, 0.1) is 7.14 Å². The molecule has 0 heterocycles. The summed E-state index contributed by atoms with van der Waals surface area (Å²) in [7, 11) is 0. The number of halogens is 5. The highest BCUT2D eigenvalue weighted by molar-refractivity contribution is 14.1. The van der Waals surface area contributed by atoms with E-state index in [9.17, 15) is 18.3 Å². The number of hydrogen-bond donors (Lipinski definition) is 2. The van der Waals surface area contributed by atoms with E-state index in [0.717, 1.165) is 3.57 Å². The molecule has 0 saturated carbocycles. The average Bonchev–Trinajstić information content (AvgIpc) is 2.19. The zero-order chi connectivity index (χ0) is 13.2. The third kappa shape index (κ3) is 4.78. The maximum Gasteiger partial charge on any atom is 0.389 e. The second-order valence-electron chi connectivity index (χ2n) is 3.59. The van der Waals surface area contributed by atoms with E-state index < -0.39 is 18.6 Å². The predicted octanol–water partition coefficient (Wildman–Crippen LogP) is 3.94. The Morgan fingerprint density at radius 1 is 1.29 bits per heavy atom. The Labute approximate surface area is 124 Å². The van der Waals surface area contributed by atoms with Crippen LogP contribution in [-0.4, -0.2) is 11.3 Å². The maximum absolute atomic E-state index is 12.1. The molecule has 17 heavy (non-hydrogen) atoms. The lowest BCUT2D eigenvalue weighted by molar-refractivity contribution is -0.136. The number of alkyl halides is 3. The Kier molecular flexibility index (Phi) is 5.32. The molecule has 0 bridgehead atoms. The van der Waals surface area contributed by atoms with Crippen LogP contribution in [0.2, 0.25) is 0 Å². The van der Waals surface area contributed by atoms with Gasteiger partial charge in [0, 0.05) is 21.6 Å². The van der Waals surface area contributed by atoms with Gasteiger partial charge in [-0.3, -0.25) is 0 Å². The van der Waals surface area contributed by atoms with Crippen LogP contribution < -0.4 is 5.73 Å². The molecule has 1 rings (SSSR count). The van der Waals surface area contributed by atoms with Gasteiger partial charge in [-0.05, 0) is 63.7 Å². The highest BCUT2D eigenvalue weighted by Gasteiger charge is 2.28. The van der Waals surface area contributed by atoms with Gasteiger partial charge in [0.2, 0.25) is 0 Å². The minimum absolute atomic E-state index is 0.0271. The molecule has 0 aliphatic heterocycles. The summed E-state index contributed by atoms with van der Waals surface area (Å²) in [6.45, 7) is 0. The second-order valence-corrected chi connectivity index (χ2v) is 5.99. The number of phenols is 1. The number of rotatable bonds is 3. The van der Waals surface area contributed by atoms with Gasteiger partial charge in [-0.1, -0.05) is 0 Å². The summed E-state index contributed by atoms with van der Waals surface area (Å²) in [5.74, 6) is -0.0271. The third-order valence-corrected chi connectivity index (χ3v) is 3.64. The monoisotopic (exact) mass is 471 g/mol. The highest BCUT2D eigenvalue weighted by Crippen LogP contribution is 2.34. The van der Waals surface area contributed by atoms with Crippen molar-refractivity contribution in [2.75, 3.05) is 0 Å². The molecule has 0 fully saturated rings. The normalized spacial score (nSPS) is 13.8. The Bertz CT molecular complexity index is 409. The van der Waals surface area contributed by atoms with Crippen molar-refractivity contribution in [3.05, 3.63) is 24.8 Å². The Balaban J connectivity index is 2.85. The van der Waals surface area contributed by atoms with E-state index >= 15 is 0 Å². The number of phenolic OH excluding ortho intramolecular Hbond substituents is 1. The summed E-state index contributed by atoms with van der Waals surface area (Å²) in [4.78, 5) is 0. The van der Waals surface area contributed by atoms with Crippen LogP contribution in [-0.2, 0) is 0 Å². The first-order valence-electron chi connectivity index (χ1n) is 4.71. The molecule has 2 nitrogen and oxygen atoms in total. The van der Waals surface area contributed by atoms with Crippen LogP contribution >= 0.6 is 45.2 Å². The fourth-order valence-electron chi connectivity index (χ4n) is 1.34. The fraction of sp³-hybridized carbons (Fsp3) is 0.400. The van der Waals surface area contributed by atoms with Crippen LogP contribution in [0.3, 0.4) is 0 Å². The topological polar surface area (TPSA) is 46.2 Å². The van der Waals surface area contributed by atoms with E-state index in [-0.39, 0.29) is 12.2 Å². The first-order chi connectivity index (χ1) is 7.70. The van der Waals surface area contributed by atoms with Crippen LogP contribution in [0.5, 0.6) is 5.75 Å². The van der Waals surface area contributed by atoms with Gasteiger partial charge in [0.25, 0.3) is 0 Å². The largest absolute Gasteiger partial charge is 0.506 e. The van der Waals surface area contributed by atoms with Crippen molar-refractivity contribution in [1.82, 2.24) is 0 Å². The molecular weight excluding hydrogens is 461 g/mol. The summed E-state index contributed by atoms with van der Waals surface area (Å²) < 4.78 is 37.6. The summed E-state index contributed by atoms with van der Waals surface area (Å²) in [5, 5.41) is 9.75. The molecular formula is C10H10F3I2NO. The van der Waals surface area contributed by atoms with E-state index in [1.807, 2.05) is 45.2 Å². The quantitative estimate of drug-likeness (QED) is 0.657. The van der Waals surface area contributed by atoms with Crippen molar-refractivity contribution in [3.8, 4) is 5.75 Å². The van der Waals surface area contributed by atoms with E-state index in [1.54, 1.807) is 12.1 Å². The van der Waals surface area contributed by atoms with Gasteiger partial charge < -0.3 is 10.8 Å². The molecule has 1 atom stereocenters. The standard InChI is InChI=1S/C10H10F3I2NO/c11-10(12,13)2-1-8(16)6-3-5(14)4-7(15)9(6)17/h3-4,8,17H,1-2,16H2/t8-/m0/s1. The van der Waals surface area contributed by atoms with Gasteiger partial charge in [0.1, 0.15) is 5.75 Å². The molecule has 0 unspecified atom stereocenters. The lowest BCUT2D eigenvalue weighted by Crippen LogP contribution is -2.16. The second kappa shape index (κ2) is 5.91. The van der Waals surface area contributed by atoms with Crippen molar-refractivity contribution in [1.29, 1.82) is 0 Å². The highest BCUT2D eigenvalue weighted by atomic mass is 127. The van der Waals surface area contributed by atoms with Crippen molar-refractivity contribution < 1.29 is 18.3 Å². The first-order valence-corrected chi connectivity index (χ1v) is 6.86. The van der Waals surface area contributed by atoms with Gasteiger partial charge >= 0.3 is 6.18 Å². The van der Waals surface area contributed by atoms with Crippen molar-refractivity contribution in [3.63, 3.8) is 0 Å². The minimum Gasteiger partial charge on any atom is -0.506 e. The van der Waals surface area contributed by atoms with E-state index in [2.05, 4.69) is 0 Å². The molecule has 0 aromatic heterocycles. The van der Waals surface area contributed by atoms with Crippen LogP contribution in [0.4, 0.5) is 13.2 Å². The molecule has 3 N–H and O–H groups in total. The summed E-state index contributed by atoms with van der Waals surface area (Å²) >= 11 is 3.95. The van der Waals surface area contributed by atoms with Crippen LogP contribution in [0.25, 0.3) is 0 Å². The Hall–Kier alpha value is 0.230. The third-order valence-electron chi connectivity index (χ3n) is 2.20. The first kappa shape index (κ1) is 15.3. The van der Waals surface area contributed by atoms with Crippen LogP contribution in [0.1, 0.15) is 24.4 Å². The molecule has 0 aliphatic rings. The van der Waals surface area contributed by atoms with E-state index in [1.165, 1.54) is 0 Å². The number of nitrogens with two attached hydrogens (primary N) is 1. The smallest absolute Gasteiger partial charge is 0.389 e.